The number of amides is 1. The van der Waals surface area contributed by atoms with E-state index in [1.54, 1.807) is 28.9 Å². The van der Waals surface area contributed by atoms with Gasteiger partial charge in [-0.05, 0) is 64.9 Å². The molecule has 0 spiro atoms. The fraction of sp³-hybridized carbons (Fsp3) is 0.0870. The van der Waals surface area contributed by atoms with Crippen LogP contribution in [0.25, 0.3) is 5.69 Å². The van der Waals surface area contributed by atoms with Crippen LogP contribution < -0.4 is 10.2 Å². The van der Waals surface area contributed by atoms with Gasteiger partial charge in [0.25, 0.3) is 5.91 Å². The molecule has 4 aromatic rings. The Morgan fingerprint density at radius 1 is 1.00 bits per heavy atom. The van der Waals surface area contributed by atoms with Gasteiger partial charge in [-0.3, -0.25) is 4.79 Å². The van der Waals surface area contributed by atoms with E-state index in [4.69, 9.17) is 4.74 Å². The van der Waals surface area contributed by atoms with Crippen LogP contribution in [0.4, 0.5) is 0 Å². The van der Waals surface area contributed by atoms with Crippen molar-refractivity contribution in [1.29, 1.82) is 0 Å². The summed E-state index contributed by atoms with van der Waals surface area (Å²) in [5.74, 6) is 0.394. The Morgan fingerprint density at radius 2 is 1.81 bits per heavy atom. The Balaban J connectivity index is 1.36. The summed E-state index contributed by atoms with van der Waals surface area (Å²) in [5.41, 5.74) is 6.47. The molecule has 0 aliphatic carbocycles. The molecule has 0 saturated heterocycles. The molecule has 0 bridgehead atoms. The topological polar surface area (TPSA) is 94.3 Å². The maximum absolute atomic E-state index is 12.4. The summed E-state index contributed by atoms with van der Waals surface area (Å²) in [7, 11) is 0. The molecule has 8 nitrogen and oxygen atoms in total. The Morgan fingerprint density at radius 3 is 2.55 bits per heavy atom. The minimum atomic E-state index is -0.300. The highest BCUT2D eigenvalue weighted by Gasteiger charge is 2.07. The van der Waals surface area contributed by atoms with Crippen molar-refractivity contribution in [3.8, 4) is 11.4 Å². The van der Waals surface area contributed by atoms with E-state index < -0.39 is 0 Å². The lowest BCUT2D eigenvalue weighted by molar-refractivity contribution is 0.0955. The van der Waals surface area contributed by atoms with Gasteiger partial charge in [-0.25, -0.2) is 10.1 Å². The van der Waals surface area contributed by atoms with Crippen LogP contribution >= 0.6 is 0 Å². The van der Waals surface area contributed by atoms with Gasteiger partial charge in [0.1, 0.15) is 18.7 Å². The average molecular weight is 412 g/mol. The van der Waals surface area contributed by atoms with Crippen molar-refractivity contribution in [1.82, 2.24) is 25.6 Å². The molecule has 0 radical (unpaired) electrons. The molecule has 8 heteroatoms. The molecule has 154 valence electrons. The molecule has 3 aromatic carbocycles. The van der Waals surface area contributed by atoms with Gasteiger partial charge in [-0.1, -0.05) is 42.5 Å². The average Bonchev–Trinajstić information content (AvgIpc) is 3.37. The standard InChI is InChI=1S/C23H20N6O2/c1-17(20-8-5-9-21(14-20)29-16-24-27-28-29)25-26-23(30)19-10-12-22(13-11-19)31-15-18-6-3-2-4-7-18/h2-14,16H,15H2,1H3,(H,26,30)/b25-17-. The van der Waals surface area contributed by atoms with Gasteiger partial charge in [-0.2, -0.15) is 5.10 Å². The fourth-order valence-electron chi connectivity index (χ4n) is 2.86. The van der Waals surface area contributed by atoms with Gasteiger partial charge in [-0.15, -0.1) is 5.10 Å². The van der Waals surface area contributed by atoms with E-state index in [1.807, 2.05) is 61.5 Å². The van der Waals surface area contributed by atoms with E-state index in [2.05, 4.69) is 26.1 Å². The molecule has 0 saturated carbocycles. The molecule has 0 fully saturated rings. The van der Waals surface area contributed by atoms with E-state index in [0.717, 1.165) is 16.8 Å². The maximum atomic E-state index is 12.4. The number of hydrazone groups is 1. The van der Waals surface area contributed by atoms with Crippen molar-refractivity contribution < 1.29 is 9.53 Å². The zero-order valence-corrected chi connectivity index (χ0v) is 16.8. The predicted octanol–water partition coefficient (Wildman–Crippen LogP) is 3.40. The normalized spacial score (nSPS) is 11.2. The van der Waals surface area contributed by atoms with Crippen molar-refractivity contribution in [2.45, 2.75) is 13.5 Å². The summed E-state index contributed by atoms with van der Waals surface area (Å²) in [6, 6.07) is 24.4. The summed E-state index contributed by atoms with van der Waals surface area (Å²) in [6.45, 7) is 2.29. The summed E-state index contributed by atoms with van der Waals surface area (Å²) in [4.78, 5) is 12.4. The van der Waals surface area contributed by atoms with Crippen molar-refractivity contribution >= 4 is 11.6 Å². The van der Waals surface area contributed by atoms with E-state index in [1.165, 1.54) is 6.33 Å². The summed E-state index contributed by atoms with van der Waals surface area (Å²) < 4.78 is 7.30. The number of nitrogens with one attached hydrogen (secondary N) is 1. The number of nitrogens with zero attached hydrogens (tertiary/aromatic N) is 5. The Labute approximate surface area is 179 Å². The zero-order valence-electron chi connectivity index (χ0n) is 16.8. The number of tetrazole rings is 1. The first kappa shape index (κ1) is 20.0. The molecular weight excluding hydrogens is 392 g/mol. The summed E-state index contributed by atoms with van der Waals surface area (Å²) in [5, 5.41) is 15.4. The van der Waals surface area contributed by atoms with Crippen molar-refractivity contribution in [2.24, 2.45) is 5.10 Å². The molecule has 1 aromatic heterocycles. The highest BCUT2D eigenvalue weighted by Crippen LogP contribution is 2.14. The van der Waals surface area contributed by atoms with E-state index in [9.17, 15) is 4.79 Å². The molecule has 0 unspecified atom stereocenters. The van der Waals surface area contributed by atoms with E-state index in [0.29, 0.717) is 23.6 Å². The van der Waals surface area contributed by atoms with Crippen LogP contribution in [0.15, 0.2) is 90.3 Å². The summed E-state index contributed by atoms with van der Waals surface area (Å²) >= 11 is 0. The fourth-order valence-corrected chi connectivity index (χ4v) is 2.86. The van der Waals surface area contributed by atoms with Crippen molar-refractivity contribution in [3.05, 3.63) is 102 Å². The molecule has 1 amide bonds. The second-order valence-corrected chi connectivity index (χ2v) is 6.74. The molecule has 1 heterocycles. The van der Waals surface area contributed by atoms with Crippen LogP contribution in [0, 0.1) is 0 Å². The predicted molar refractivity (Wildman–Crippen MR) is 116 cm³/mol. The first-order valence-electron chi connectivity index (χ1n) is 9.64. The third kappa shape index (κ3) is 5.18. The number of benzene rings is 3. The number of ether oxygens (including phenoxy) is 1. The number of hydrogen-bond acceptors (Lipinski definition) is 6. The van der Waals surface area contributed by atoms with Crippen LogP contribution in [-0.2, 0) is 6.61 Å². The minimum Gasteiger partial charge on any atom is -0.489 e. The highest BCUT2D eigenvalue weighted by molar-refractivity contribution is 6.01. The first-order chi connectivity index (χ1) is 15.2. The third-order valence-electron chi connectivity index (χ3n) is 4.57. The smallest absolute Gasteiger partial charge is 0.271 e. The second-order valence-electron chi connectivity index (χ2n) is 6.74. The number of carbonyl (C=O) groups excluding carboxylic acids is 1. The molecule has 0 aliphatic rings. The first-order valence-corrected chi connectivity index (χ1v) is 9.64. The third-order valence-corrected chi connectivity index (χ3v) is 4.57. The lowest BCUT2D eigenvalue weighted by Crippen LogP contribution is -2.19. The van der Waals surface area contributed by atoms with Crippen LogP contribution in [0.2, 0.25) is 0 Å². The van der Waals surface area contributed by atoms with Crippen LogP contribution in [0.3, 0.4) is 0 Å². The van der Waals surface area contributed by atoms with Crippen molar-refractivity contribution in [3.63, 3.8) is 0 Å². The van der Waals surface area contributed by atoms with Gasteiger partial charge in [0.05, 0.1) is 11.4 Å². The van der Waals surface area contributed by atoms with Gasteiger partial charge in [0.15, 0.2) is 0 Å². The SMILES string of the molecule is C/C(=N/NC(=O)c1ccc(OCc2ccccc2)cc1)c1cccc(-n2cnnn2)c1. The Bertz CT molecular complexity index is 1170. The Hall–Kier alpha value is -4.33. The number of rotatable bonds is 7. The van der Waals surface area contributed by atoms with E-state index in [-0.39, 0.29) is 5.91 Å². The van der Waals surface area contributed by atoms with Gasteiger partial charge in [0.2, 0.25) is 0 Å². The molecule has 0 aliphatic heterocycles. The monoisotopic (exact) mass is 412 g/mol. The van der Waals surface area contributed by atoms with Crippen molar-refractivity contribution in [2.75, 3.05) is 0 Å². The highest BCUT2D eigenvalue weighted by atomic mass is 16.5. The van der Waals surface area contributed by atoms with Gasteiger partial charge >= 0.3 is 0 Å². The number of aromatic nitrogens is 4. The van der Waals surface area contributed by atoms with Crippen LogP contribution in [0.5, 0.6) is 5.75 Å². The van der Waals surface area contributed by atoms with Crippen LogP contribution in [-0.4, -0.2) is 31.8 Å². The number of carbonyl (C=O) groups is 1. The largest absolute Gasteiger partial charge is 0.489 e. The van der Waals surface area contributed by atoms with Gasteiger partial charge in [0, 0.05) is 5.56 Å². The maximum Gasteiger partial charge on any atom is 0.271 e. The summed E-state index contributed by atoms with van der Waals surface area (Å²) in [6.07, 6.45) is 1.51. The zero-order chi connectivity index (χ0) is 21.5. The molecule has 31 heavy (non-hydrogen) atoms. The quantitative estimate of drug-likeness (QED) is 0.371. The lowest BCUT2D eigenvalue weighted by atomic mass is 10.1. The molecule has 0 atom stereocenters. The molecular formula is C23H20N6O2. The lowest BCUT2D eigenvalue weighted by Gasteiger charge is -2.08. The Kier molecular flexibility index (Phi) is 6.08. The van der Waals surface area contributed by atoms with E-state index >= 15 is 0 Å². The second kappa shape index (κ2) is 9.45. The molecule has 1 N–H and O–H groups in total. The number of hydrogen-bond donors (Lipinski definition) is 1. The van der Waals surface area contributed by atoms with Gasteiger partial charge < -0.3 is 4.74 Å². The minimum absolute atomic E-state index is 0.300. The van der Waals surface area contributed by atoms with Crippen LogP contribution in [0.1, 0.15) is 28.4 Å². The molecule has 4 rings (SSSR count).